The molecule has 1 aliphatic heterocycles. The van der Waals surface area contributed by atoms with Gasteiger partial charge in [-0.1, -0.05) is 11.6 Å². The van der Waals surface area contributed by atoms with Crippen LogP contribution in [-0.4, -0.2) is 50.2 Å². The zero-order chi connectivity index (χ0) is 21.7. The standard InChI is InChI=1S/C19H19ClN4O6/c1-29-17-5-3-13(20)11-14(17)19(26)22-21-18(25)12-2-4-15(16(10-12)24(27)28)23-6-8-30-9-7-23/h2-5,10-11H,6-9H2,1H3,(H,21,25)(H,22,26). The lowest BCUT2D eigenvalue weighted by Gasteiger charge is -2.28. The number of nitrogens with one attached hydrogen (secondary N) is 2. The second kappa shape index (κ2) is 9.42. The zero-order valence-electron chi connectivity index (χ0n) is 16.0. The minimum absolute atomic E-state index is 0.0251. The molecule has 2 amide bonds. The van der Waals surface area contributed by atoms with Gasteiger partial charge in [-0.05, 0) is 30.3 Å². The molecule has 1 heterocycles. The lowest BCUT2D eigenvalue weighted by Crippen LogP contribution is -2.41. The summed E-state index contributed by atoms with van der Waals surface area (Å²) in [6.45, 7) is 1.98. The van der Waals surface area contributed by atoms with Crippen LogP contribution in [0.25, 0.3) is 0 Å². The van der Waals surface area contributed by atoms with E-state index in [1.807, 2.05) is 4.90 Å². The van der Waals surface area contributed by atoms with Gasteiger partial charge in [0.2, 0.25) is 0 Å². The number of carbonyl (C=O) groups excluding carboxylic acids is 2. The largest absolute Gasteiger partial charge is 0.496 e. The maximum atomic E-state index is 12.4. The summed E-state index contributed by atoms with van der Waals surface area (Å²) in [5, 5.41) is 11.8. The first-order chi connectivity index (χ1) is 14.4. The van der Waals surface area contributed by atoms with Crippen LogP contribution in [0.5, 0.6) is 5.75 Å². The van der Waals surface area contributed by atoms with Crippen LogP contribution in [0.1, 0.15) is 20.7 Å². The SMILES string of the molecule is COc1ccc(Cl)cc1C(=O)NNC(=O)c1ccc(N2CCOCC2)c([N+](=O)[O-])c1. The van der Waals surface area contributed by atoms with Crippen molar-refractivity contribution in [1.29, 1.82) is 0 Å². The Morgan fingerprint density at radius 3 is 2.50 bits per heavy atom. The van der Waals surface area contributed by atoms with E-state index in [1.54, 1.807) is 6.07 Å². The molecule has 0 aromatic heterocycles. The Kier molecular flexibility index (Phi) is 6.70. The van der Waals surface area contributed by atoms with Gasteiger partial charge >= 0.3 is 0 Å². The predicted octanol–water partition coefficient (Wildman–Crippen LogP) is 2.17. The lowest BCUT2D eigenvalue weighted by atomic mass is 10.1. The Morgan fingerprint density at radius 1 is 1.13 bits per heavy atom. The van der Waals surface area contributed by atoms with E-state index in [1.165, 1.54) is 37.4 Å². The highest BCUT2D eigenvalue weighted by Gasteiger charge is 2.23. The summed E-state index contributed by atoms with van der Waals surface area (Å²) >= 11 is 5.90. The number of hydrogen-bond acceptors (Lipinski definition) is 7. The number of carbonyl (C=O) groups is 2. The van der Waals surface area contributed by atoms with Crippen molar-refractivity contribution in [3.05, 3.63) is 62.7 Å². The molecule has 1 aliphatic rings. The molecule has 1 fully saturated rings. The summed E-state index contributed by atoms with van der Waals surface area (Å²) in [5.74, 6) is -1.08. The Labute approximate surface area is 176 Å². The van der Waals surface area contributed by atoms with Crippen LogP contribution < -0.4 is 20.5 Å². The molecule has 1 saturated heterocycles. The fraction of sp³-hybridized carbons (Fsp3) is 0.263. The minimum Gasteiger partial charge on any atom is -0.496 e. The second-order valence-electron chi connectivity index (χ2n) is 6.31. The maximum Gasteiger partial charge on any atom is 0.293 e. The smallest absolute Gasteiger partial charge is 0.293 e. The molecule has 0 atom stereocenters. The van der Waals surface area contributed by atoms with Crippen LogP contribution in [0.15, 0.2) is 36.4 Å². The van der Waals surface area contributed by atoms with Crippen LogP contribution >= 0.6 is 11.6 Å². The molecule has 11 heteroatoms. The third kappa shape index (κ3) is 4.78. The number of hydrazine groups is 1. The first kappa shape index (κ1) is 21.3. The molecule has 0 unspecified atom stereocenters. The molecule has 0 bridgehead atoms. The van der Waals surface area contributed by atoms with Crippen LogP contribution in [0.2, 0.25) is 5.02 Å². The van der Waals surface area contributed by atoms with Crippen molar-refractivity contribution >= 4 is 34.8 Å². The van der Waals surface area contributed by atoms with E-state index in [2.05, 4.69) is 10.9 Å². The number of methoxy groups -OCH3 is 1. The van der Waals surface area contributed by atoms with Crippen LogP contribution in [0.4, 0.5) is 11.4 Å². The summed E-state index contributed by atoms with van der Waals surface area (Å²) in [7, 11) is 1.40. The van der Waals surface area contributed by atoms with E-state index in [-0.39, 0.29) is 22.6 Å². The molecule has 3 rings (SSSR count). The van der Waals surface area contributed by atoms with Crippen molar-refractivity contribution in [2.24, 2.45) is 0 Å². The lowest BCUT2D eigenvalue weighted by molar-refractivity contribution is -0.384. The van der Waals surface area contributed by atoms with E-state index >= 15 is 0 Å². The third-order valence-corrected chi connectivity index (χ3v) is 4.72. The summed E-state index contributed by atoms with van der Waals surface area (Å²) < 4.78 is 10.4. The molecule has 0 saturated carbocycles. The first-order valence-electron chi connectivity index (χ1n) is 8.96. The van der Waals surface area contributed by atoms with E-state index in [4.69, 9.17) is 21.1 Å². The van der Waals surface area contributed by atoms with Gasteiger partial charge in [-0.15, -0.1) is 0 Å². The number of anilines is 1. The topological polar surface area (TPSA) is 123 Å². The van der Waals surface area contributed by atoms with E-state index < -0.39 is 16.7 Å². The predicted molar refractivity (Wildman–Crippen MR) is 109 cm³/mol. The van der Waals surface area contributed by atoms with Gasteiger partial charge in [-0.25, -0.2) is 0 Å². The first-order valence-corrected chi connectivity index (χ1v) is 9.34. The van der Waals surface area contributed by atoms with Gasteiger partial charge in [0, 0.05) is 29.7 Å². The van der Waals surface area contributed by atoms with Crippen molar-refractivity contribution < 1.29 is 24.0 Å². The normalized spacial score (nSPS) is 13.5. The molecular weight excluding hydrogens is 416 g/mol. The summed E-state index contributed by atoms with van der Waals surface area (Å²) in [6, 6.07) is 8.62. The molecular formula is C19H19ClN4O6. The van der Waals surface area contributed by atoms with Gasteiger partial charge < -0.3 is 14.4 Å². The Balaban J connectivity index is 1.74. The van der Waals surface area contributed by atoms with Gasteiger partial charge in [-0.3, -0.25) is 30.6 Å². The molecule has 0 radical (unpaired) electrons. The minimum atomic E-state index is -0.707. The maximum absolute atomic E-state index is 12.4. The van der Waals surface area contributed by atoms with Crippen LogP contribution in [0.3, 0.4) is 0 Å². The Hall–Kier alpha value is -3.37. The number of rotatable bonds is 5. The fourth-order valence-corrected chi connectivity index (χ4v) is 3.17. The van der Waals surface area contributed by atoms with Crippen molar-refractivity contribution in [3.8, 4) is 5.75 Å². The molecule has 2 N–H and O–H groups in total. The zero-order valence-corrected chi connectivity index (χ0v) is 16.8. The van der Waals surface area contributed by atoms with Gasteiger partial charge in [0.1, 0.15) is 11.4 Å². The van der Waals surface area contributed by atoms with Gasteiger partial charge in [0.15, 0.2) is 0 Å². The number of ether oxygens (including phenoxy) is 2. The van der Waals surface area contributed by atoms with Crippen LogP contribution in [0, 0.1) is 10.1 Å². The average molecular weight is 435 g/mol. The highest BCUT2D eigenvalue weighted by atomic mass is 35.5. The summed E-state index contributed by atoms with van der Waals surface area (Å²) in [5.41, 5.74) is 4.85. The number of nitro groups is 1. The van der Waals surface area contributed by atoms with Gasteiger partial charge in [0.05, 0.1) is 30.8 Å². The van der Waals surface area contributed by atoms with Crippen LogP contribution in [-0.2, 0) is 4.74 Å². The van der Waals surface area contributed by atoms with Crippen molar-refractivity contribution in [1.82, 2.24) is 10.9 Å². The number of hydrogen-bond donors (Lipinski definition) is 2. The van der Waals surface area contributed by atoms with Gasteiger partial charge in [-0.2, -0.15) is 0 Å². The number of benzene rings is 2. The average Bonchev–Trinajstić information content (AvgIpc) is 2.77. The molecule has 2 aromatic rings. The molecule has 0 aliphatic carbocycles. The highest BCUT2D eigenvalue weighted by molar-refractivity contribution is 6.31. The van der Waals surface area contributed by atoms with E-state index in [9.17, 15) is 19.7 Å². The molecule has 10 nitrogen and oxygen atoms in total. The summed E-state index contributed by atoms with van der Waals surface area (Å²) in [6.07, 6.45) is 0. The molecule has 2 aromatic carbocycles. The fourth-order valence-electron chi connectivity index (χ4n) is 2.99. The number of nitro benzene ring substituents is 1. The van der Waals surface area contributed by atoms with Crippen molar-refractivity contribution in [2.45, 2.75) is 0 Å². The van der Waals surface area contributed by atoms with E-state index in [0.29, 0.717) is 37.0 Å². The number of amides is 2. The summed E-state index contributed by atoms with van der Waals surface area (Å²) in [4.78, 5) is 37.6. The van der Waals surface area contributed by atoms with Crippen molar-refractivity contribution in [3.63, 3.8) is 0 Å². The molecule has 158 valence electrons. The quantitative estimate of drug-likeness (QED) is 0.546. The highest BCUT2D eigenvalue weighted by Crippen LogP contribution is 2.30. The molecule has 0 spiro atoms. The van der Waals surface area contributed by atoms with Crippen molar-refractivity contribution in [2.75, 3.05) is 38.3 Å². The Bertz CT molecular complexity index is 977. The Morgan fingerprint density at radius 2 is 1.83 bits per heavy atom. The van der Waals surface area contributed by atoms with Gasteiger partial charge in [0.25, 0.3) is 17.5 Å². The number of nitrogens with zero attached hydrogens (tertiary/aromatic N) is 2. The van der Waals surface area contributed by atoms with E-state index in [0.717, 1.165) is 0 Å². The second-order valence-corrected chi connectivity index (χ2v) is 6.75. The molecule has 30 heavy (non-hydrogen) atoms. The third-order valence-electron chi connectivity index (χ3n) is 4.48. The number of halogens is 1. The number of morpholine rings is 1. The monoisotopic (exact) mass is 434 g/mol.